The van der Waals surface area contributed by atoms with Crippen molar-refractivity contribution in [1.29, 1.82) is 0 Å². The minimum Gasteiger partial charge on any atom is -0.383 e. The van der Waals surface area contributed by atoms with E-state index in [4.69, 9.17) is 4.74 Å². The Morgan fingerprint density at radius 1 is 1.20 bits per heavy atom. The zero-order chi connectivity index (χ0) is 11.6. The first-order valence-electron chi connectivity index (χ1n) is 5.47. The van der Waals surface area contributed by atoms with Crippen LogP contribution in [-0.2, 0) is 9.53 Å². The van der Waals surface area contributed by atoms with Gasteiger partial charge in [0, 0.05) is 20.3 Å². The highest BCUT2D eigenvalue weighted by atomic mass is 16.5. The Balaban J connectivity index is 2.62. The third kappa shape index (κ3) is 2.81. The molecule has 0 amide bonds. The van der Waals surface area contributed by atoms with Crippen LogP contribution in [0, 0.1) is 11.8 Å². The maximum absolute atomic E-state index is 11.8. The molecule has 0 saturated carbocycles. The molecular weight excluding hydrogens is 190 g/mol. The van der Waals surface area contributed by atoms with Gasteiger partial charge in [-0.2, -0.15) is 0 Å². The lowest BCUT2D eigenvalue weighted by Crippen LogP contribution is -2.25. The monoisotopic (exact) mass is 211 g/mol. The first-order chi connectivity index (χ1) is 6.93. The molecule has 3 nitrogen and oxygen atoms in total. The van der Waals surface area contributed by atoms with Crippen LogP contribution in [0.15, 0.2) is 12.3 Å². The molecule has 0 unspecified atom stereocenters. The van der Waals surface area contributed by atoms with Gasteiger partial charge >= 0.3 is 0 Å². The molecule has 3 heteroatoms. The number of hydrogen-bond acceptors (Lipinski definition) is 3. The van der Waals surface area contributed by atoms with Gasteiger partial charge in [-0.25, -0.2) is 0 Å². The molecule has 0 aliphatic carbocycles. The van der Waals surface area contributed by atoms with E-state index >= 15 is 0 Å². The highest BCUT2D eigenvalue weighted by Gasteiger charge is 2.39. The maximum Gasteiger partial charge on any atom is 0.186 e. The summed E-state index contributed by atoms with van der Waals surface area (Å²) in [4.78, 5) is 13.7. The van der Waals surface area contributed by atoms with Crippen molar-refractivity contribution in [2.45, 2.75) is 33.0 Å². The first kappa shape index (κ1) is 12.2. The number of nitrogens with zero attached hydrogens (tertiary/aromatic N) is 1. The highest BCUT2D eigenvalue weighted by molar-refractivity contribution is 5.93. The van der Waals surface area contributed by atoms with E-state index in [0.29, 0.717) is 11.8 Å². The van der Waals surface area contributed by atoms with Crippen LogP contribution in [0.4, 0.5) is 0 Å². The van der Waals surface area contributed by atoms with Crippen molar-refractivity contribution in [3.63, 3.8) is 0 Å². The summed E-state index contributed by atoms with van der Waals surface area (Å²) in [6.45, 7) is 6.25. The average Bonchev–Trinajstić information content (AvgIpc) is 2.42. The molecule has 0 aromatic heterocycles. The standard InChI is InChI=1S/C12H21NO2/c1-8-9(2)12(15-10(8)3)11(14)6-7-13(4)5/h6-10,12H,1-5H3/b7-6-/t8-,9+,10+,12+/m1/s1. The Bertz CT molecular complexity index is 260. The lowest BCUT2D eigenvalue weighted by molar-refractivity contribution is -0.126. The molecule has 86 valence electrons. The Hall–Kier alpha value is -0.830. The summed E-state index contributed by atoms with van der Waals surface area (Å²) in [5, 5.41) is 0. The van der Waals surface area contributed by atoms with Crippen LogP contribution in [0.3, 0.4) is 0 Å². The summed E-state index contributed by atoms with van der Waals surface area (Å²) in [6, 6.07) is 0. The van der Waals surface area contributed by atoms with Gasteiger partial charge in [-0.15, -0.1) is 0 Å². The van der Waals surface area contributed by atoms with Gasteiger partial charge in [0.1, 0.15) is 6.10 Å². The van der Waals surface area contributed by atoms with Gasteiger partial charge in [0.25, 0.3) is 0 Å². The predicted molar refractivity (Wildman–Crippen MR) is 60.5 cm³/mol. The number of carbonyl (C=O) groups is 1. The summed E-state index contributed by atoms with van der Waals surface area (Å²) in [5.74, 6) is 0.832. The molecule has 0 bridgehead atoms. The van der Waals surface area contributed by atoms with Gasteiger partial charge < -0.3 is 9.64 Å². The SMILES string of the molecule is C[C@@H]1[C@H](C)[C@@H](C(=O)/C=C\N(C)C)O[C@H]1C. The third-order valence-corrected chi connectivity index (χ3v) is 3.23. The van der Waals surface area contributed by atoms with E-state index in [9.17, 15) is 4.79 Å². The van der Waals surface area contributed by atoms with E-state index in [-0.39, 0.29) is 18.0 Å². The Morgan fingerprint density at radius 2 is 1.80 bits per heavy atom. The second-order valence-corrected chi connectivity index (χ2v) is 4.66. The van der Waals surface area contributed by atoms with Crippen LogP contribution in [0.25, 0.3) is 0 Å². The largest absolute Gasteiger partial charge is 0.383 e. The number of carbonyl (C=O) groups excluding carboxylic acids is 1. The fraction of sp³-hybridized carbons (Fsp3) is 0.750. The molecular formula is C12H21NO2. The highest BCUT2D eigenvalue weighted by Crippen LogP contribution is 2.32. The number of rotatable bonds is 3. The fourth-order valence-electron chi connectivity index (χ4n) is 1.83. The molecule has 1 rings (SSSR count). The van der Waals surface area contributed by atoms with Gasteiger partial charge in [-0.05, 0) is 24.8 Å². The van der Waals surface area contributed by atoms with Crippen molar-refractivity contribution < 1.29 is 9.53 Å². The van der Waals surface area contributed by atoms with Gasteiger partial charge in [-0.1, -0.05) is 13.8 Å². The number of hydrogen-bond donors (Lipinski definition) is 0. The molecule has 1 fully saturated rings. The molecule has 0 aromatic carbocycles. The molecule has 1 saturated heterocycles. The first-order valence-corrected chi connectivity index (χ1v) is 5.47. The maximum atomic E-state index is 11.8. The Labute approximate surface area is 92.1 Å². The van der Waals surface area contributed by atoms with Crippen molar-refractivity contribution in [3.05, 3.63) is 12.3 Å². The molecule has 1 heterocycles. The molecule has 0 radical (unpaired) electrons. The van der Waals surface area contributed by atoms with E-state index in [0.717, 1.165) is 0 Å². The van der Waals surface area contributed by atoms with Crippen molar-refractivity contribution in [3.8, 4) is 0 Å². The molecule has 4 atom stereocenters. The molecule has 0 N–H and O–H groups in total. The quantitative estimate of drug-likeness (QED) is 0.665. The average molecular weight is 211 g/mol. The fourth-order valence-corrected chi connectivity index (χ4v) is 1.83. The minimum atomic E-state index is -0.258. The molecule has 1 aliphatic heterocycles. The second-order valence-electron chi connectivity index (χ2n) is 4.66. The summed E-state index contributed by atoms with van der Waals surface area (Å²) in [6.07, 6.45) is 3.30. The van der Waals surface area contributed by atoms with Gasteiger partial charge in [-0.3, -0.25) is 4.79 Å². The summed E-state index contributed by atoms with van der Waals surface area (Å²) < 4.78 is 5.66. The van der Waals surface area contributed by atoms with Gasteiger partial charge in [0.15, 0.2) is 5.78 Å². The molecule has 0 spiro atoms. The lowest BCUT2D eigenvalue weighted by atomic mass is 9.89. The van der Waals surface area contributed by atoms with Crippen LogP contribution in [0.2, 0.25) is 0 Å². The number of ketones is 1. The van der Waals surface area contributed by atoms with E-state index < -0.39 is 0 Å². The van der Waals surface area contributed by atoms with E-state index in [1.54, 1.807) is 12.3 Å². The van der Waals surface area contributed by atoms with E-state index in [2.05, 4.69) is 13.8 Å². The molecule has 0 aromatic rings. The molecule has 1 aliphatic rings. The summed E-state index contributed by atoms with van der Waals surface area (Å²) in [7, 11) is 3.79. The van der Waals surface area contributed by atoms with E-state index in [1.165, 1.54) is 0 Å². The van der Waals surface area contributed by atoms with Crippen molar-refractivity contribution >= 4 is 5.78 Å². The van der Waals surface area contributed by atoms with Gasteiger partial charge in [0.05, 0.1) is 6.10 Å². The minimum absolute atomic E-state index is 0.0763. The Morgan fingerprint density at radius 3 is 2.20 bits per heavy atom. The third-order valence-electron chi connectivity index (χ3n) is 3.23. The number of ether oxygens (including phenoxy) is 1. The van der Waals surface area contributed by atoms with Gasteiger partial charge in [0.2, 0.25) is 0 Å². The van der Waals surface area contributed by atoms with Crippen LogP contribution in [-0.4, -0.2) is 37.0 Å². The van der Waals surface area contributed by atoms with Crippen molar-refractivity contribution in [2.24, 2.45) is 11.8 Å². The van der Waals surface area contributed by atoms with Crippen molar-refractivity contribution in [2.75, 3.05) is 14.1 Å². The lowest BCUT2D eigenvalue weighted by Gasteiger charge is -2.13. The van der Waals surface area contributed by atoms with E-state index in [1.807, 2.05) is 25.9 Å². The zero-order valence-corrected chi connectivity index (χ0v) is 10.2. The summed E-state index contributed by atoms with van der Waals surface area (Å²) in [5.41, 5.74) is 0. The topological polar surface area (TPSA) is 29.5 Å². The van der Waals surface area contributed by atoms with Crippen LogP contribution in [0.5, 0.6) is 0 Å². The Kier molecular flexibility index (Phi) is 3.91. The second kappa shape index (κ2) is 4.79. The van der Waals surface area contributed by atoms with Crippen LogP contribution < -0.4 is 0 Å². The van der Waals surface area contributed by atoms with Crippen molar-refractivity contribution in [1.82, 2.24) is 4.90 Å². The molecule has 15 heavy (non-hydrogen) atoms. The van der Waals surface area contributed by atoms with Crippen LogP contribution in [0.1, 0.15) is 20.8 Å². The summed E-state index contributed by atoms with van der Waals surface area (Å²) >= 11 is 0. The zero-order valence-electron chi connectivity index (χ0n) is 10.2. The smallest absolute Gasteiger partial charge is 0.186 e. The van der Waals surface area contributed by atoms with Crippen LogP contribution >= 0.6 is 0 Å². The predicted octanol–water partition coefficient (Wildman–Crippen LogP) is 1.69. The normalized spacial score (nSPS) is 36.1.